The number of rotatable bonds is 6. The van der Waals surface area contributed by atoms with Gasteiger partial charge in [-0.15, -0.1) is 24.0 Å². The molecule has 30 heavy (non-hydrogen) atoms. The Balaban J connectivity index is 0.00000320. The number of ether oxygens (including phenoxy) is 1. The van der Waals surface area contributed by atoms with Crippen molar-refractivity contribution in [2.45, 2.75) is 40.0 Å². The van der Waals surface area contributed by atoms with Gasteiger partial charge < -0.3 is 19.9 Å². The first-order valence-electron chi connectivity index (χ1n) is 10.4. The SMILES string of the molecule is CCNC(=NCc1ccnc(N2CCOC(C)C2)c1)N(C)Cc1ccccc1C.I. The molecule has 2 aromatic rings. The molecule has 0 spiro atoms. The molecule has 1 fully saturated rings. The molecule has 0 radical (unpaired) electrons. The molecule has 1 aliphatic heterocycles. The molecule has 0 aliphatic carbocycles. The Kier molecular flexibility index (Phi) is 9.84. The predicted molar refractivity (Wildman–Crippen MR) is 135 cm³/mol. The third-order valence-corrected chi connectivity index (χ3v) is 5.15. The van der Waals surface area contributed by atoms with Crippen LogP contribution in [0.25, 0.3) is 0 Å². The van der Waals surface area contributed by atoms with Gasteiger partial charge >= 0.3 is 0 Å². The molecule has 7 heteroatoms. The van der Waals surface area contributed by atoms with Crippen LogP contribution in [0.4, 0.5) is 5.82 Å². The van der Waals surface area contributed by atoms with Crippen molar-refractivity contribution < 1.29 is 4.74 Å². The molecular weight excluding hydrogens is 489 g/mol. The van der Waals surface area contributed by atoms with E-state index in [1.165, 1.54) is 11.1 Å². The van der Waals surface area contributed by atoms with Gasteiger partial charge in [-0.25, -0.2) is 9.98 Å². The highest BCUT2D eigenvalue weighted by atomic mass is 127. The van der Waals surface area contributed by atoms with Gasteiger partial charge in [0, 0.05) is 39.4 Å². The normalized spacial score (nSPS) is 16.7. The lowest BCUT2D eigenvalue weighted by Gasteiger charge is -2.32. The van der Waals surface area contributed by atoms with Crippen molar-refractivity contribution in [2.24, 2.45) is 4.99 Å². The van der Waals surface area contributed by atoms with Crippen molar-refractivity contribution in [3.8, 4) is 0 Å². The fraction of sp³-hybridized carbons (Fsp3) is 0.478. The van der Waals surface area contributed by atoms with E-state index < -0.39 is 0 Å². The van der Waals surface area contributed by atoms with Crippen molar-refractivity contribution >= 4 is 35.8 Å². The Labute approximate surface area is 197 Å². The van der Waals surface area contributed by atoms with Crippen LogP contribution in [-0.4, -0.2) is 55.2 Å². The summed E-state index contributed by atoms with van der Waals surface area (Å²) < 4.78 is 5.64. The number of nitrogens with zero attached hydrogens (tertiary/aromatic N) is 4. The van der Waals surface area contributed by atoms with Gasteiger partial charge in [-0.1, -0.05) is 24.3 Å². The standard InChI is InChI=1S/C23H33N5O.HI/c1-5-24-23(27(4)17-21-9-7-6-8-18(21)2)26-15-20-10-11-25-22(14-20)28-12-13-29-19(3)16-28;/h6-11,14,19H,5,12-13,15-17H2,1-4H3,(H,24,26);1H. The number of guanidine groups is 1. The van der Waals surface area contributed by atoms with E-state index in [2.05, 4.69) is 78.3 Å². The van der Waals surface area contributed by atoms with Crippen LogP contribution in [-0.2, 0) is 17.8 Å². The number of morpholine rings is 1. The maximum absolute atomic E-state index is 5.64. The molecule has 0 bridgehead atoms. The predicted octanol–water partition coefficient (Wildman–Crippen LogP) is 3.83. The highest BCUT2D eigenvalue weighted by Crippen LogP contribution is 2.17. The minimum Gasteiger partial charge on any atom is -0.375 e. The second-order valence-electron chi connectivity index (χ2n) is 7.60. The summed E-state index contributed by atoms with van der Waals surface area (Å²) in [7, 11) is 2.08. The summed E-state index contributed by atoms with van der Waals surface area (Å²) in [5.74, 6) is 1.92. The molecule has 164 valence electrons. The summed E-state index contributed by atoms with van der Waals surface area (Å²) in [5, 5.41) is 3.41. The quantitative estimate of drug-likeness (QED) is 0.355. The Morgan fingerprint density at radius 1 is 1.33 bits per heavy atom. The zero-order chi connectivity index (χ0) is 20.6. The maximum Gasteiger partial charge on any atom is 0.194 e. The van der Waals surface area contributed by atoms with Crippen LogP contribution in [0, 0.1) is 6.92 Å². The number of aryl methyl sites for hydroxylation is 1. The van der Waals surface area contributed by atoms with Crippen molar-refractivity contribution in [2.75, 3.05) is 38.2 Å². The average molecular weight is 523 g/mol. The molecule has 6 nitrogen and oxygen atoms in total. The molecule has 1 aliphatic rings. The van der Waals surface area contributed by atoms with Crippen LogP contribution in [0.1, 0.15) is 30.5 Å². The lowest BCUT2D eigenvalue weighted by Crippen LogP contribution is -2.41. The Morgan fingerprint density at radius 2 is 2.13 bits per heavy atom. The number of anilines is 1. The highest BCUT2D eigenvalue weighted by molar-refractivity contribution is 14.0. The van der Waals surface area contributed by atoms with Gasteiger partial charge in [0.05, 0.1) is 19.3 Å². The zero-order valence-corrected chi connectivity index (χ0v) is 20.8. The minimum atomic E-state index is 0. The molecular formula is C23H34IN5O. The first-order chi connectivity index (χ1) is 14.1. The average Bonchev–Trinajstić information content (AvgIpc) is 2.73. The van der Waals surface area contributed by atoms with Crippen LogP contribution in [0.15, 0.2) is 47.6 Å². The molecule has 1 aromatic heterocycles. The third kappa shape index (κ3) is 6.84. The molecule has 2 heterocycles. The highest BCUT2D eigenvalue weighted by Gasteiger charge is 2.18. The third-order valence-electron chi connectivity index (χ3n) is 5.15. The summed E-state index contributed by atoms with van der Waals surface area (Å²) in [6, 6.07) is 12.7. The first-order valence-corrected chi connectivity index (χ1v) is 10.4. The number of pyridine rings is 1. The molecule has 1 unspecified atom stereocenters. The van der Waals surface area contributed by atoms with Crippen molar-refractivity contribution in [3.63, 3.8) is 0 Å². The summed E-state index contributed by atoms with van der Waals surface area (Å²) in [4.78, 5) is 13.9. The summed E-state index contributed by atoms with van der Waals surface area (Å²) in [6.45, 7) is 11.1. The molecule has 0 amide bonds. The number of aromatic nitrogens is 1. The van der Waals surface area contributed by atoms with Crippen LogP contribution in [0.3, 0.4) is 0 Å². The Hall–Kier alpha value is -1.87. The van der Waals surface area contributed by atoms with Crippen LogP contribution in [0.5, 0.6) is 0 Å². The molecule has 1 N–H and O–H groups in total. The molecule has 1 aromatic carbocycles. The van der Waals surface area contributed by atoms with Crippen molar-refractivity contribution in [1.29, 1.82) is 0 Å². The lowest BCUT2D eigenvalue weighted by molar-refractivity contribution is 0.0529. The smallest absolute Gasteiger partial charge is 0.194 e. The van der Waals surface area contributed by atoms with Crippen LogP contribution >= 0.6 is 24.0 Å². The van der Waals surface area contributed by atoms with E-state index >= 15 is 0 Å². The Morgan fingerprint density at radius 3 is 2.87 bits per heavy atom. The number of benzene rings is 1. The lowest BCUT2D eigenvalue weighted by atomic mass is 10.1. The minimum absolute atomic E-state index is 0. The van der Waals surface area contributed by atoms with E-state index in [0.717, 1.165) is 50.1 Å². The molecule has 1 saturated heterocycles. The molecule has 1 atom stereocenters. The number of nitrogens with one attached hydrogen (secondary N) is 1. The second-order valence-corrected chi connectivity index (χ2v) is 7.60. The van der Waals surface area contributed by atoms with E-state index in [1.54, 1.807) is 0 Å². The first kappa shape index (κ1) is 24.4. The van der Waals surface area contributed by atoms with Gasteiger partial charge in [0.15, 0.2) is 5.96 Å². The van der Waals surface area contributed by atoms with Crippen molar-refractivity contribution in [1.82, 2.24) is 15.2 Å². The van der Waals surface area contributed by atoms with Gasteiger partial charge in [-0.2, -0.15) is 0 Å². The van der Waals surface area contributed by atoms with E-state index in [9.17, 15) is 0 Å². The van der Waals surface area contributed by atoms with Gasteiger partial charge in [0.25, 0.3) is 0 Å². The maximum atomic E-state index is 5.64. The summed E-state index contributed by atoms with van der Waals surface area (Å²) >= 11 is 0. The number of halogens is 1. The number of aliphatic imine (C=N–C) groups is 1. The van der Waals surface area contributed by atoms with Crippen molar-refractivity contribution in [3.05, 3.63) is 59.3 Å². The van der Waals surface area contributed by atoms with Gasteiger partial charge in [-0.05, 0) is 49.6 Å². The summed E-state index contributed by atoms with van der Waals surface area (Å²) in [6.07, 6.45) is 2.12. The van der Waals surface area contributed by atoms with E-state index in [4.69, 9.17) is 9.73 Å². The topological polar surface area (TPSA) is 53.0 Å². The molecule has 3 rings (SSSR count). The second kappa shape index (κ2) is 12.1. The fourth-order valence-electron chi connectivity index (χ4n) is 3.51. The number of hydrogen-bond donors (Lipinski definition) is 1. The van der Waals surface area contributed by atoms with E-state index in [0.29, 0.717) is 6.54 Å². The van der Waals surface area contributed by atoms with E-state index in [-0.39, 0.29) is 30.1 Å². The Bertz CT molecular complexity index is 829. The molecule has 0 saturated carbocycles. The summed E-state index contributed by atoms with van der Waals surface area (Å²) in [5.41, 5.74) is 3.77. The monoisotopic (exact) mass is 523 g/mol. The van der Waals surface area contributed by atoms with Gasteiger partial charge in [0.1, 0.15) is 5.82 Å². The van der Waals surface area contributed by atoms with Crippen LogP contribution < -0.4 is 10.2 Å². The number of hydrogen-bond acceptors (Lipinski definition) is 4. The fourth-order valence-corrected chi connectivity index (χ4v) is 3.51. The van der Waals surface area contributed by atoms with Gasteiger partial charge in [0.2, 0.25) is 0 Å². The largest absolute Gasteiger partial charge is 0.375 e. The van der Waals surface area contributed by atoms with Crippen LogP contribution in [0.2, 0.25) is 0 Å². The zero-order valence-electron chi connectivity index (χ0n) is 18.5. The van der Waals surface area contributed by atoms with E-state index in [1.807, 2.05) is 12.3 Å². The van der Waals surface area contributed by atoms with Gasteiger partial charge in [-0.3, -0.25) is 0 Å².